The second-order valence-electron chi connectivity index (χ2n) is 7.55. The molecule has 3 aliphatic rings. The van der Waals surface area contributed by atoms with E-state index in [1.54, 1.807) is 0 Å². The van der Waals surface area contributed by atoms with E-state index in [0.29, 0.717) is 25.6 Å². The van der Waals surface area contributed by atoms with E-state index in [2.05, 4.69) is 27.0 Å². The zero-order valence-electron chi connectivity index (χ0n) is 14.6. The van der Waals surface area contributed by atoms with Gasteiger partial charge in [0.15, 0.2) is 0 Å². The molecule has 1 unspecified atom stereocenters. The van der Waals surface area contributed by atoms with Crippen LogP contribution >= 0.6 is 0 Å². The minimum atomic E-state index is -0.0906. The summed E-state index contributed by atoms with van der Waals surface area (Å²) in [5.74, 6) is 0.182. The molecular weight excluding hydrogens is 328 g/mol. The van der Waals surface area contributed by atoms with Gasteiger partial charge in [0.05, 0.1) is 30.2 Å². The average molecular weight is 350 g/mol. The average Bonchev–Trinajstić information content (AvgIpc) is 3.35. The normalized spacial score (nSPS) is 26.4. The Morgan fingerprint density at radius 2 is 2.12 bits per heavy atom. The molecular formula is C20H22N4O2. The van der Waals surface area contributed by atoms with Crippen molar-refractivity contribution in [1.29, 1.82) is 0 Å². The molecule has 2 saturated heterocycles. The number of carbonyl (C=O) groups excluding carboxylic acids is 2. The van der Waals surface area contributed by atoms with Crippen molar-refractivity contribution in [1.82, 2.24) is 19.8 Å². The van der Waals surface area contributed by atoms with E-state index < -0.39 is 0 Å². The fourth-order valence-electron chi connectivity index (χ4n) is 4.76. The molecule has 0 aliphatic carbocycles. The van der Waals surface area contributed by atoms with Crippen LogP contribution in [0.5, 0.6) is 0 Å². The molecule has 1 aromatic heterocycles. The van der Waals surface area contributed by atoms with E-state index in [0.717, 1.165) is 25.0 Å². The molecule has 0 spiro atoms. The van der Waals surface area contributed by atoms with Crippen molar-refractivity contribution in [3.63, 3.8) is 0 Å². The summed E-state index contributed by atoms with van der Waals surface area (Å²) in [6, 6.07) is 8.73. The van der Waals surface area contributed by atoms with Gasteiger partial charge in [-0.3, -0.25) is 9.59 Å². The number of amides is 2. The smallest absolute Gasteiger partial charge is 0.224 e. The van der Waals surface area contributed by atoms with Gasteiger partial charge in [0.2, 0.25) is 11.8 Å². The molecule has 4 heterocycles. The van der Waals surface area contributed by atoms with Crippen LogP contribution in [0.1, 0.15) is 37.3 Å². The number of benzene rings is 1. The van der Waals surface area contributed by atoms with E-state index in [1.807, 2.05) is 29.6 Å². The van der Waals surface area contributed by atoms with Crippen molar-refractivity contribution in [2.45, 2.75) is 37.8 Å². The van der Waals surface area contributed by atoms with E-state index in [-0.39, 0.29) is 23.8 Å². The van der Waals surface area contributed by atoms with Gasteiger partial charge >= 0.3 is 0 Å². The van der Waals surface area contributed by atoms with E-state index in [9.17, 15) is 9.59 Å². The number of aromatic nitrogens is 2. The quantitative estimate of drug-likeness (QED) is 0.920. The third-order valence-electron chi connectivity index (χ3n) is 6.16. The molecule has 2 aromatic rings. The maximum atomic E-state index is 12.7. The number of hydrogen-bond donors (Lipinski definition) is 1. The summed E-state index contributed by atoms with van der Waals surface area (Å²) >= 11 is 0. The summed E-state index contributed by atoms with van der Waals surface area (Å²) in [4.78, 5) is 30.9. The van der Waals surface area contributed by atoms with Gasteiger partial charge in [-0.05, 0) is 24.8 Å². The van der Waals surface area contributed by atoms with Gasteiger partial charge < -0.3 is 14.8 Å². The molecule has 6 heteroatoms. The zero-order chi connectivity index (χ0) is 17.7. The molecule has 6 nitrogen and oxygen atoms in total. The summed E-state index contributed by atoms with van der Waals surface area (Å²) in [6.07, 6.45) is 7.12. The molecule has 0 bridgehead atoms. The minimum absolute atomic E-state index is 0.0641. The topological polar surface area (TPSA) is 67.2 Å². The Bertz CT molecular complexity index is 874. The van der Waals surface area contributed by atoms with Gasteiger partial charge in [0.1, 0.15) is 0 Å². The third-order valence-corrected chi connectivity index (χ3v) is 6.16. The fourth-order valence-corrected chi connectivity index (χ4v) is 4.76. The SMILES string of the molecule is O=C(NC[C@H]1c2ccccc2-c2cncn21)[C@H]1CCC2CCC(=O)N2C1. The molecule has 2 amide bonds. The zero-order valence-corrected chi connectivity index (χ0v) is 14.6. The second kappa shape index (κ2) is 5.97. The van der Waals surface area contributed by atoms with Crippen molar-refractivity contribution in [2.75, 3.05) is 13.1 Å². The molecule has 3 atom stereocenters. The lowest BCUT2D eigenvalue weighted by Gasteiger charge is -2.34. The third kappa shape index (κ3) is 2.35. The van der Waals surface area contributed by atoms with Gasteiger partial charge in [-0.1, -0.05) is 24.3 Å². The van der Waals surface area contributed by atoms with Gasteiger partial charge in [0, 0.05) is 31.1 Å². The van der Waals surface area contributed by atoms with E-state index >= 15 is 0 Å². The lowest BCUT2D eigenvalue weighted by atomic mass is 9.92. The summed E-state index contributed by atoms with van der Waals surface area (Å²) in [6.45, 7) is 1.12. The first-order chi connectivity index (χ1) is 12.7. The van der Waals surface area contributed by atoms with Crippen LogP contribution < -0.4 is 5.32 Å². The van der Waals surface area contributed by atoms with Gasteiger partial charge in [-0.2, -0.15) is 0 Å². The van der Waals surface area contributed by atoms with Crippen LogP contribution in [-0.2, 0) is 9.59 Å². The number of nitrogens with one attached hydrogen (secondary N) is 1. The van der Waals surface area contributed by atoms with Crippen molar-refractivity contribution in [3.8, 4) is 11.3 Å². The largest absolute Gasteiger partial charge is 0.353 e. The van der Waals surface area contributed by atoms with Crippen molar-refractivity contribution in [2.24, 2.45) is 5.92 Å². The molecule has 134 valence electrons. The highest BCUT2D eigenvalue weighted by Gasteiger charge is 2.38. The van der Waals surface area contributed by atoms with Crippen LogP contribution in [0, 0.1) is 5.92 Å². The van der Waals surface area contributed by atoms with E-state index in [4.69, 9.17) is 0 Å². The Hall–Kier alpha value is -2.63. The number of imidazole rings is 1. The van der Waals surface area contributed by atoms with Crippen LogP contribution in [0.3, 0.4) is 0 Å². The molecule has 1 aromatic carbocycles. The van der Waals surface area contributed by atoms with Gasteiger partial charge in [-0.15, -0.1) is 0 Å². The van der Waals surface area contributed by atoms with Crippen LogP contribution in [-0.4, -0.2) is 45.4 Å². The first-order valence-electron chi connectivity index (χ1n) is 9.40. The number of carbonyl (C=O) groups is 2. The maximum absolute atomic E-state index is 12.7. The highest BCUT2D eigenvalue weighted by atomic mass is 16.2. The Balaban J connectivity index is 1.28. The first-order valence-corrected chi connectivity index (χ1v) is 9.40. The van der Waals surface area contributed by atoms with Crippen molar-refractivity contribution in [3.05, 3.63) is 42.4 Å². The lowest BCUT2D eigenvalue weighted by molar-refractivity contribution is -0.134. The summed E-state index contributed by atoms with van der Waals surface area (Å²) in [7, 11) is 0. The van der Waals surface area contributed by atoms with Crippen LogP contribution in [0.4, 0.5) is 0 Å². The highest BCUT2D eigenvalue weighted by molar-refractivity contribution is 5.83. The first kappa shape index (κ1) is 15.6. The standard InChI is InChI=1S/C20H22N4O2/c25-19-8-7-14-6-5-13(11-23(14)19)20(26)22-10-18-16-4-2-1-3-15(16)17-9-21-12-24(17)18/h1-4,9,12-14,18H,5-8,10-11H2,(H,22,26)/t13-,14?,18-/m0/s1. The van der Waals surface area contributed by atoms with Crippen molar-refractivity contribution < 1.29 is 9.59 Å². The van der Waals surface area contributed by atoms with Gasteiger partial charge in [-0.25, -0.2) is 4.98 Å². The Kier molecular flexibility index (Phi) is 3.58. The monoisotopic (exact) mass is 350 g/mol. The van der Waals surface area contributed by atoms with E-state index in [1.165, 1.54) is 11.1 Å². The Morgan fingerprint density at radius 1 is 1.23 bits per heavy atom. The molecule has 0 saturated carbocycles. The molecule has 2 fully saturated rings. The predicted molar refractivity (Wildman–Crippen MR) is 96.3 cm³/mol. The Morgan fingerprint density at radius 3 is 3.04 bits per heavy atom. The highest BCUT2D eigenvalue weighted by Crippen LogP contribution is 2.38. The molecule has 3 aliphatic heterocycles. The number of piperidine rings is 1. The number of rotatable bonds is 3. The van der Waals surface area contributed by atoms with Crippen LogP contribution in [0.15, 0.2) is 36.8 Å². The van der Waals surface area contributed by atoms with Crippen molar-refractivity contribution >= 4 is 11.8 Å². The van der Waals surface area contributed by atoms with Gasteiger partial charge in [0.25, 0.3) is 0 Å². The molecule has 0 radical (unpaired) electrons. The fraction of sp³-hybridized carbons (Fsp3) is 0.450. The summed E-state index contributed by atoms with van der Waals surface area (Å²) in [5, 5.41) is 3.14. The Labute approximate surface area is 152 Å². The number of fused-ring (bicyclic) bond motifs is 4. The summed E-state index contributed by atoms with van der Waals surface area (Å²) in [5.41, 5.74) is 3.51. The van der Waals surface area contributed by atoms with Crippen LogP contribution in [0.25, 0.3) is 11.3 Å². The second-order valence-corrected chi connectivity index (χ2v) is 7.55. The minimum Gasteiger partial charge on any atom is -0.353 e. The lowest BCUT2D eigenvalue weighted by Crippen LogP contribution is -2.47. The summed E-state index contributed by atoms with van der Waals surface area (Å²) < 4.78 is 2.13. The molecule has 26 heavy (non-hydrogen) atoms. The van der Waals surface area contributed by atoms with Crippen LogP contribution in [0.2, 0.25) is 0 Å². The molecule has 5 rings (SSSR count). The number of nitrogens with zero attached hydrogens (tertiary/aromatic N) is 3. The maximum Gasteiger partial charge on any atom is 0.224 e. The predicted octanol–water partition coefficient (Wildman–Crippen LogP) is 1.97. The molecule has 1 N–H and O–H groups in total. The number of hydrogen-bond acceptors (Lipinski definition) is 3.